The number of carbonyl (C=O) groups is 2. The van der Waals surface area contributed by atoms with Crippen molar-refractivity contribution in [3.8, 4) is 0 Å². The number of aliphatic hydroxyl groups is 1. The number of ether oxygens (including phenoxy) is 1. The van der Waals surface area contributed by atoms with Crippen molar-refractivity contribution < 1.29 is 19.4 Å². The Morgan fingerprint density at radius 2 is 2.00 bits per heavy atom. The predicted molar refractivity (Wildman–Crippen MR) is 47.2 cm³/mol. The van der Waals surface area contributed by atoms with Crippen LogP contribution in [-0.4, -0.2) is 29.1 Å². The summed E-state index contributed by atoms with van der Waals surface area (Å²) in [7, 11) is 0. The summed E-state index contributed by atoms with van der Waals surface area (Å²) in [4.78, 5) is 21.9. The van der Waals surface area contributed by atoms with E-state index in [1.54, 1.807) is 0 Å². The molecule has 0 amide bonds. The summed E-state index contributed by atoms with van der Waals surface area (Å²) in [5.41, 5.74) is -1.99. The number of ketones is 1. The molecule has 0 aromatic heterocycles. The van der Waals surface area contributed by atoms with Gasteiger partial charge in [-0.3, -0.25) is 4.79 Å². The second-order valence-electron chi connectivity index (χ2n) is 3.12. The number of Topliss-reactive ketones (excluding diaryl/α,β-unsaturated/α-hetero) is 1. The van der Waals surface area contributed by atoms with Crippen molar-refractivity contribution in [3.05, 3.63) is 0 Å². The van der Waals surface area contributed by atoms with Crippen LogP contribution in [-0.2, 0) is 14.3 Å². The highest BCUT2D eigenvalue weighted by atomic mass is 16.5. The van der Waals surface area contributed by atoms with Crippen molar-refractivity contribution in [2.45, 2.75) is 39.2 Å². The van der Waals surface area contributed by atoms with E-state index in [4.69, 9.17) is 4.74 Å². The zero-order valence-electron chi connectivity index (χ0n) is 8.29. The Labute approximate surface area is 77.9 Å². The molecule has 1 unspecified atom stereocenters. The average Bonchev–Trinajstić information content (AvgIpc) is 2.04. The van der Waals surface area contributed by atoms with Crippen LogP contribution in [0.2, 0.25) is 0 Å². The quantitative estimate of drug-likeness (QED) is 0.391. The van der Waals surface area contributed by atoms with Gasteiger partial charge >= 0.3 is 5.97 Å². The van der Waals surface area contributed by atoms with Gasteiger partial charge in [0.15, 0.2) is 5.78 Å². The van der Waals surface area contributed by atoms with Crippen LogP contribution in [0.15, 0.2) is 0 Å². The minimum atomic E-state index is -1.99. The van der Waals surface area contributed by atoms with Crippen LogP contribution in [0.25, 0.3) is 0 Å². The molecule has 1 atom stereocenters. The van der Waals surface area contributed by atoms with Crippen molar-refractivity contribution in [2.75, 3.05) is 6.61 Å². The highest BCUT2D eigenvalue weighted by Crippen LogP contribution is 2.07. The lowest BCUT2D eigenvalue weighted by Gasteiger charge is -2.17. The summed E-state index contributed by atoms with van der Waals surface area (Å²) in [6, 6.07) is 0. The average molecular weight is 188 g/mol. The van der Waals surface area contributed by atoms with Gasteiger partial charge in [-0.05, 0) is 20.3 Å². The van der Waals surface area contributed by atoms with Gasteiger partial charge in [0.2, 0.25) is 5.60 Å². The number of esters is 1. The third-order valence-corrected chi connectivity index (χ3v) is 1.81. The Morgan fingerprint density at radius 1 is 1.46 bits per heavy atom. The third-order valence-electron chi connectivity index (χ3n) is 1.81. The third kappa shape index (κ3) is 3.55. The zero-order chi connectivity index (χ0) is 10.5. The molecule has 0 saturated carbocycles. The lowest BCUT2D eigenvalue weighted by atomic mass is 10.0. The van der Waals surface area contributed by atoms with Gasteiger partial charge < -0.3 is 9.84 Å². The lowest BCUT2D eigenvalue weighted by Crippen LogP contribution is -2.43. The molecule has 0 aliphatic rings. The first-order valence-electron chi connectivity index (χ1n) is 4.33. The maximum absolute atomic E-state index is 11.1. The smallest absolute Gasteiger partial charge is 0.345 e. The highest BCUT2D eigenvalue weighted by molar-refractivity contribution is 6.05. The first-order chi connectivity index (χ1) is 5.92. The Balaban J connectivity index is 4.03. The summed E-state index contributed by atoms with van der Waals surface area (Å²) in [5, 5.41) is 9.34. The van der Waals surface area contributed by atoms with Crippen LogP contribution in [0.4, 0.5) is 0 Å². The van der Waals surface area contributed by atoms with Crippen LogP contribution in [0.3, 0.4) is 0 Å². The molecule has 4 nitrogen and oxygen atoms in total. The van der Waals surface area contributed by atoms with Gasteiger partial charge in [-0.25, -0.2) is 4.79 Å². The van der Waals surface area contributed by atoms with E-state index in [0.29, 0.717) is 0 Å². The fourth-order valence-corrected chi connectivity index (χ4v) is 0.593. The number of hydrogen-bond donors (Lipinski definition) is 1. The minimum absolute atomic E-state index is 0.249. The highest BCUT2D eigenvalue weighted by Gasteiger charge is 2.37. The standard InChI is InChI=1S/C9H16O4/c1-4-5-6-13-8(11)9(3,12)7(2)10/h12H,4-6H2,1-3H3. The van der Waals surface area contributed by atoms with Crippen molar-refractivity contribution in [3.63, 3.8) is 0 Å². The summed E-state index contributed by atoms with van der Waals surface area (Å²) in [5.74, 6) is -1.47. The van der Waals surface area contributed by atoms with E-state index in [9.17, 15) is 14.7 Å². The Bertz CT molecular complexity index is 196. The SMILES string of the molecule is CCCCOC(=O)C(C)(O)C(C)=O. The lowest BCUT2D eigenvalue weighted by molar-refractivity contribution is -0.168. The summed E-state index contributed by atoms with van der Waals surface area (Å²) < 4.78 is 4.70. The second-order valence-corrected chi connectivity index (χ2v) is 3.12. The molecule has 0 aromatic rings. The van der Waals surface area contributed by atoms with E-state index < -0.39 is 17.4 Å². The molecule has 0 rings (SSSR count). The van der Waals surface area contributed by atoms with Crippen molar-refractivity contribution in [2.24, 2.45) is 0 Å². The predicted octanol–water partition coefficient (Wildman–Crippen LogP) is 0.670. The Kier molecular flexibility index (Phi) is 4.62. The van der Waals surface area contributed by atoms with Gasteiger partial charge in [0.05, 0.1) is 6.61 Å². The number of carbonyl (C=O) groups excluding carboxylic acids is 2. The van der Waals surface area contributed by atoms with Crippen LogP contribution < -0.4 is 0 Å². The number of rotatable bonds is 5. The first-order valence-corrected chi connectivity index (χ1v) is 4.33. The molecule has 0 saturated heterocycles. The normalized spacial score (nSPS) is 14.8. The molecule has 0 aromatic carbocycles. The van der Waals surface area contributed by atoms with Crippen LogP contribution >= 0.6 is 0 Å². The molecule has 4 heteroatoms. The minimum Gasteiger partial charge on any atom is -0.463 e. The van der Waals surface area contributed by atoms with Crippen molar-refractivity contribution in [1.82, 2.24) is 0 Å². The summed E-state index contributed by atoms with van der Waals surface area (Å²) in [6.07, 6.45) is 1.63. The van der Waals surface area contributed by atoms with E-state index in [-0.39, 0.29) is 6.61 Å². The number of unbranched alkanes of at least 4 members (excludes halogenated alkanes) is 1. The maximum atomic E-state index is 11.1. The van der Waals surface area contributed by atoms with Gasteiger partial charge in [-0.2, -0.15) is 0 Å². The molecule has 0 aliphatic heterocycles. The first kappa shape index (κ1) is 12.1. The molecule has 0 fully saturated rings. The summed E-state index contributed by atoms with van der Waals surface area (Å²) in [6.45, 7) is 4.50. The molecule has 76 valence electrons. The molecule has 0 spiro atoms. The second kappa shape index (κ2) is 4.97. The molecule has 0 radical (unpaired) electrons. The van der Waals surface area contributed by atoms with Gasteiger partial charge in [0.1, 0.15) is 0 Å². The Morgan fingerprint density at radius 3 is 2.38 bits per heavy atom. The van der Waals surface area contributed by atoms with E-state index in [1.165, 1.54) is 0 Å². The van der Waals surface area contributed by atoms with E-state index >= 15 is 0 Å². The van der Waals surface area contributed by atoms with E-state index in [1.807, 2.05) is 6.92 Å². The van der Waals surface area contributed by atoms with E-state index in [2.05, 4.69) is 0 Å². The van der Waals surface area contributed by atoms with Gasteiger partial charge in [0, 0.05) is 0 Å². The molecular weight excluding hydrogens is 172 g/mol. The Hall–Kier alpha value is -0.900. The van der Waals surface area contributed by atoms with Crippen molar-refractivity contribution in [1.29, 1.82) is 0 Å². The topological polar surface area (TPSA) is 63.6 Å². The molecule has 0 aliphatic carbocycles. The van der Waals surface area contributed by atoms with E-state index in [0.717, 1.165) is 26.7 Å². The van der Waals surface area contributed by atoms with Crippen molar-refractivity contribution >= 4 is 11.8 Å². The maximum Gasteiger partial charge on any atom is 0.345 e. The zero-order valence-corrected chi connectivity index (χ0v) is 8.29. The number of hydrogen-bond acceptors (Lipinski definition) is 4. The van der Waals surface area contributed by atoms with Crippen LogP contribution in [0.5, 0.6) is 0 Å². The monoisotopic (exact) mass is 188 g/mol. The molecular formula is C9H16O4. The molecule has 0 heterocycles. The fourth-order valence-electron chi connectivity index (χ4n) is 0.593. The molecule has 1 N–H and O–H groups in total. The summed E-state index contributed by atoms with van der Waals surface area (Å²) >= 11 is 0. The molecule has 13 heavy (non-hydrogen) atoms. The van der Waals surface area contributed by atoms with Gasteiger partial charge in [0.25, 0.3) is 0 Å². The van der Waals surface area contributed by atoms with Crippen LogP contribution in [0.1, 0.15) is 33.6 Å². The van der Waals surface area contributed by atoms with Gasteiger partial charge in [-0.15, -0.1) is 0 Å². The molecule has 0 bridgehead atoms. The fraction of sp³-hybridized carbons (Fsp3) is 0.778. The largest absolute Gasteiger partial charge is 0.463 e. The van der Waals surface area contributed by atoms with Gasteiger partial charge in [-0.1, -0.05) is 13.3 Å². The van der Waals surface area contributed by atoms with Crippen LogP contribution in [0, 0.1) is 0 Å².